The quantitative estimate of drug-likeness (QED) is 0.539. The largest absolute Gasteiger partial charge is 0.469 e. The van der Waals surface area contributed by atoms with Crippen molar-refractivity contribution in [1.29, 1.82) is 0 Å². The van der Waals surface area contributed by atoms with Gasteiger partial charge in [0.05, 0.1) is 18.3 Å². The van der Waals surface area contributed by atoms with E-state index in [0.717, 1.165) is 12.8 Å². The number of rotatable bonds is 2. The zero-order valence-corrected chi connectivity index (χ0v) is 9.47. The van der Waals surface area contributed by atoms with Gasteiger partial charge in [0, 0.05) is 10.7 Å². The second kappa shape index (κ2) is 4.49. The van der Waals surface area contributed by atoms with E-state index in [0.29, 0.717) is 12.8 Å². The minimum Gasteiger partial charge on any atom is -0.469 e. The second-order valence-electron chi connectivity index (χ2n) is 3.43. The van der Waals surface area contributed by atoms with Crippen molar-refractivity contribution in [3.63, 3.8) is 0 Å². The minimum absolute atomic E-state index is 0.450. The summed E-state index contributed by atoms with van der Waals surface area (Å²) in [5.74, 6) is -1.06. The van der Waals surface area contributed by atoms with E-state index in [4.69, 9.17) is 10.7 Å². The molecule has 0 aliphatic heterocycles. The standard InChI is InChI=1S/C8H13ClO4S/c1-13-8(10)6-4-2-3-5-7(6)14(9,11)12/h6-7H,2-5H2,1H3/t6-,7+/m0/s1. The highest BCUT2D eigenvalue weighted by atomic mass is 35.7. The van der Waals surface area contributed by atoms with Crippen molar-refractivity contribution in [1.82, 2.24) is 0 Å². The van der Waals surface area contributed by atoms with Crippen LogP contribution in [0.4, 0.5) is 0 Å². The van der Waals surface area contributed by atoms with Crippen molar-refractivity contribution < 1.29 is 17.9 Å². The molecule has 0 bridgehead atoms. The summed E-state index contributed by atoms with van der Waals surface area (Å²) < 4.78 is 26.9. The van der Waals surface area contributed by atoms with E-state index >= 15 is 0 Å². The minimum atomic E-state index is -3.66. The molecule has 2 atom stereocenters. The van der Waals surface area contributed by atoms with Gasteiger partial charge in [-0.2, -0.15) is 0 Å². The van der Waals surface area contributed by atoms with Crippen LogP contribution in [0.25, 0.3) is 0 Å². The Balaban J connectivity index is 2.85. The van der Waals surface area contributed by atoms with Gasteiger partial charge >= 0.3 is 5.97 Å². The second-order valence-corrected chi connectivity index (χ2v) is 6.28. The fourth-order valence-corrected chi connectivity index (χ4v) is 3.58. The first-order valence-corrected chi connectivity index (χ1v) is 6.85. The molecule has 6 heteroatoms. The van der Waals surface area contributed by atoms with E-state index in [-0.39, 0.29) is 0 Å². The number of carbonyl (C=O) groups excluding carboxylic acids is 1. The van der Waals surface area contributed by atoms with Gasteiger partial charge in [0.2, 0.25) is 9.05 Å². The van der Waals surface area contributed by atoms with Gasteiger partial charge in [0.1, 0.15) is 0 Å². The molecule has 0 radical (unpaired) electrons. The predicted molar refractivity (Wildman–Crippen MR) is 52.5 cm³/mol. The number of ether oxygens (including phenoxy) is 1. The maximum absolute atomic E-state index is 11.3. The van der Waals surface area contributed by atoms with E-state index in [2.05, 4.69) is 4.74 Å². The van der Waals surface area contributed by atoms with Crippen molar-refractivity contribution in [3.8, 4) is 0 Å². The third-order valence-corrected chi connectivity index (χ3v) is 4.54. The number of hydrogen-bond donors (Lipinski definition) is 0. The topological polar surface area (TPSA) is 60.4 Å². The van der Waals surface area contributed by atoms with Crippen LogP contribution in [0.5, 0.6) is 0 Å². The van der Waals surface area contributed by atoms with E-state index in [9.17, 15) is 13.2 Å². The Hall–Kier alpha value is -0.290. The lowest BCUT2D eigenvalue weighted by Gasteiger charge is -2.26. The van der Waals surface area contributed by atoms with Crippen molar-refractivity contribution in [3.05, 3.63) is 0 Å². The number of hydrogen-bond acceptors (Lipinski definition) is 4. The van der Waals surface area contributed by atoms with Crippen molar-refractivity contribution in [2.24, 2.45) is 5.92 Å². The van der Waals surface area contributed by atoms with Crippen LogP contribution in [0.1, 0.15) is 25.7 Å². The van der Waals surface area contributed by atoms with Crippen LogP contribution in [0.2, 0.25) is 0 Å². The van der Waals surface area contributed by atoms with Crippen LogP contribution in [0, 0.1) is 5.92 Å². The lowest BCUT2D eigenvalue weighted by atomic mass is 9.89. The lowest BCUT2D eigenvalue weighted by molar-refractivity contribution is -0.146. The summed E-state index contributed by atoms with van der Waals surface area (Å²) in [6.07, 6.45) is 2.64. The van der Waals surface area contributed by atoms with Crippen LogP contribution in [-0.4, -0.2) is 26.7 Å². The summed E-state index contributed by atoms with van der Waals surface area (Å²) in [5, 5.41) is -0.773. The fraction of sp³-hybridized carbons (Fsp3) is 0.875. The molecule has 0 spiro atoms. The zero-order chi connectivity index (χ0) is 10.8. The maximum Gasteiger partial charge on any atom is 0.310 e. The van der Waals surface area contributed by atoms with Gasteiger partial charge in [-0.05, 0) is 12.8 Å². The molecule has 0 N–H and O–H groups in total. The van der Waals surface area contributed by atoms with E-state index < -0.39 is 26.2 Å². The van der Waals surface area contributed by atoms with Crippen LogP contribution in [-0.2, 0) is 18.6 Å². The number of esters is 1. The predicted octanol–water partition coefficient (Wildman–Crippen LogP) is 1.29. The first-order chi connectivity index (χ1) is 6.46. The zero-order valence-electron chi connectivity index (χ0n) is 7.90. The number of methoxy groups -OCH3 is 1. The van der Waals surface area contributed by atoms with Crippen molar-refractivity contribution >= 4 is 25.7 Å². The molecule has 1 aliphatic rings. The maximum atomic E-state index is 11.3. The van der Waals surface area contributed by atoms with Gasteiger partial charge < -0.3 is 4.74 Å². The highest BCUT2D eigenvalue weighted by Crippen LogP contribution is 2.32. The van der Waals surface area contributed by atoms with Gasteiger partial charge in [-0.3, -0.25) is 4.79 Å². The SMILES string of the molecule is COC(=O)[C@H]1CCCC[C@H]1S(=O)(=O)Cl. The Morgan fingerprint density at radius 2 is 1.93 bits per heavy atom. The normalized spacial score (nSPS) is 28.4. The number of halogens is 1. The fourth-order valence-electron chi connectivity index (χ4n) is 1.85. The molecule has 0 amide bonds. The van der Waals surface area contributed by atoms with Gasteiger partial charge in [0.15, 0.2) is 0 Å². The Morgan fingerprint density at radius 3 is 2.43 bits per heavy atom. The first kappa shape index (κ1) is 11.8. The molecule has 82 valence electrons. The molecule has 0 saturated heterocycles. The summed E-state index contributed by atoms with van der Waals surface area (Å²) in [4.78, 5) is 11.3. The van der Waals surface area contributed by atoms with Crippen LogP contribution < -0.4 is 0 Å². The van der Waals surface area contributed by atoms with E-state index in [1.165, 1.54) is 7.11 Å². The molecular weight excluding hydrogens is 228 g/mol. The van der Waals surface area contributed by atoms with Gasteiger partial charge in [0.25, 0.3) is 0 Å². The molecular formula is C8H13ClO4S. The third kappa shape index (κ3) is 2.60. The summed E-state index contributed by atoms with van der Waals surface area (Å²) in [6, 6.07) is 0. The third-order valence-electron chi connectivity index (χ3n) is 2.57. The molecule has 1 rings (SSSR count). The first-order valence-electron chi connectivity index (χ1n) is 4.48. The highest BCUT2D eigenvalue weighted by molar-refractivity contribution is 8.14. The van der Waals surface area contributed by atoms with Gasteiger partial charge in [-0.1, -0.05) is 12.8 Å². The smallest absolute Gasteiger partial charge is 0.310 e. The van der Waals surface area contributed by atoms with E-state index in [1.807, 2.05) is 0 Å². The van der Waals surface area contributed by atoms with Crippen molar-refractivity contribution in [2.75, 3.05) is 7.11 Å². The lowest BCUT2D eigenvalue weighted by Crippen LogP contribution is -2.36. The van der Waals surface area contributed by atoms with Crippen molar-refractivity contribution in [2.45, 2.75) is 30.9 Å². The summed E-state index contributed by atoms with van der Waals surface area (Å²) in [5.41, 5.74) is 0. The summed E-state index contributed by atoms with van der Waals surface area (Å²) in [7, 11) is 2.87. The highest BCUT2D eigenvalue weighted by Gasteiger charge is 2.39. The molecule has 1 saturated carbocycles. The summed E-state index contributed by atoms with van der Waals surface area (Å²) >= 11 is 0. The Morgan fingerprint density at radius 1 is 1.36 bits per heavy atom. The average molecular weight is 241 g/mol. The molecule has 1 aliphatic carbocycles. The number of carbonyl (C=O) groups is 1. The van der Waals surface area contributed by atoms with Crippen LogP contribution >= 0.6 is 10.7 Å². The molecule has 0 aromatic rings. The Labute approximate surface area is 88.0 Å². The van der Waals surface area contributed by atoms with Crippen LogP contribution in [0.3, 0.4) is 0 Å². The molecule has 0 unspecified atom stereocenters. The average Bonchev–Trinajstić information content (AvgIpc) is 2.15. The van der Waals surface area contributed by atoms with E-state index in [1.54, 1.807) is 0 Å². The monoisotopic (exact) mass is 240 g/mol. The molecule has 0 heterocycles. The molecule has 0 aromatic heterocycles. The van der Waals surface area contributed by atoms with Gasteiger partial charge in [-0.15, -0.1) is 0 Å². The summed E-state index contributed by atoms with van der Waals surface area (Å²) in [6.45, 7) is 0. The van der Waals surface area contributed by atoms with Gasteiger partial charge in [-0.25, -0.2) is 8.42 Å². The Kier molecular flexibility index (Phi) is 3.78. The molecule has 0 aromatic carbocycles. The molecule has 1 fully saturated rings. The van der Waals surface area contributed by atoms with Crippen LogP contribution in [0.15, 0.2) is 0 Å². The molecule has 14 heavy (non-hydrogen) atoms. The Bertz CT molecular complexity index is 311. The molecule has 4 nitrogen and oxygen atoms in total.